The number of nitriles is 1. The van der Waals surface area contributed by atoms with Crippen LogP contribution in [0.15, 0.2) is 30.5 Å². The lowest BCUT2D eigenvalue weighted by atomic mass is 10.2. The molecule has 0 atom stereocenters. The quantitative estimate of drug-likeness (QED) is 0.906. The Bertz CT molecular complexity index is 586. The highest BCUT2D eigenvalue weighted by Crippen LogP contribution is 2.18. The number of thiazole rings is 1. The van der Waals surface area contributed by atoms with Crippen molar-refractivity contribution >= 4 is 34.0 Å². The zero-order chi connectivity index (χ0) is 12.3. The van der Waals surface area contributed by atoms with E-state index in [1.54, 1.807) is 24.3 Å². The van der Waals surface area contributed by atoms with Gasteiger partial charge in [0.2, 0.25) is 0 Å². The van der Waals surface area contributed by atoms with Gasteiger partial charge in [-0.15, -0.1) is 0 Å². The van der Waals surface area contributed by atoms with Crippen molar-refractivity contribution in [2.24, 2.45) is 0 Å². The van der Waals surface area contributed by atoms with Crippen molar-refractivity contribution in [3.8, 4) is 6.07 Å². The molecule has 84 valence electrons. The molecule has 1 heterocycles. The van der Waals surface area contributed by atoms with Crippen molar-refractivity contribution in [1.29, 1.82) is 5.26 Å². The van der Waals surface area contributed by atoms with Crippen LogP contribution in [0.1, 0.15) is 15.2 Å². The number of halogens is 1. The summed E-state index contributed by atoms with van der Waals surface area (Å²) in [6.45, 7) is 0. The van der Waals surface area contributed by atoms with E-state index in [4.69, 9.17) is 16.9 Å². The van der Waals surface area contributed by atoms with Crippen molar-refractivity contribution in [3.05, 3.63) is 45.9 Å². The fourth-order valence-electron chi connectivity index (χ4n) is 1.15. The Kier molecular flexibility index (Phi) is 3.38. The van der Waals surface area contributed by atoms with E-state index in [-0.39, 0.29) is 5.91 Å². The number of amides is 1. The molecule has 1 aromatic carbocycles. The van der Waals surface area contributed by atoms with Crippen LogP contribution < -0.4 is 5.32 Å². The smallest absolute Gasteiger partial charge is 0.257 e. The van der Waals surface area contributed by atoms with Gasteiger partial charge in [-0.2, -0.15) is 5.26 Å². The first kappa shape index (κ1) is 11.6. The average Bonchev–Trinajstić information content (AvgIpc) is 2.77. The number of hydrogen-bond donors (Lipinski definition) is 1. The second-order valence-electron chi connectivity index (χ2n) is 3.10. The predicted molar refractivity (Wildman–Crippen MR) is 66.2 cm³/mol. The minimum Gasteiger partial charge on any atom is -0.298 e. The highest BCUT2D eigenvalue weighted by atomic mass is 35.5. The lowest BCUT2D eigenvalue weighted by Gasteiger charge is -2.00. The first-order valence-corrected chi connectivity index (χ1v) is 5.81. The first-order valence-electron chi connectivity index (χ1n) is 4.62. The van der Waals surface area contributed by atoms with E-state index in [9.17, 15) is 4.79 Å². The standard InChI is InChI=1S/C11H6ClN3OS/c12-8-3-1-7(2-4-8)10(16)15-11-14-6-9(5-13)17-11/h1-4,6H,(H,14,15,16). The van der Waals surface area contributed by atoms with Crippen molar-refractivity contribution in [3.63, 3.8) is 0 Å². The summed E-state index contributed by atoms with van der Waals surface area (Å²) < 4.78 is 0. The molecule has 0 radical (unpaired) electrons. The fraction of sp³-hybridized carbons (Fsp3) is 0. The lowest BCUT2D eigenvalue weighted by molar-refractivity contribution is 0.102. The number of benzene rings is 1. The second-order valence-corrected chi connectivity index (χ2v) is 4.57. The van der Waals surface area contributed by atoms with Gasteiger partial charge < -0.3 is 0 Å². The van der Waals surface area contributed by atoms with Crippen LogP contribution in [0.3, 0.4) is 0 Å². The molecule has 17 heavy (non-hydrogen) atoms. The van der Waals surface area contributed by atoms with Gasteiger partial charge in [0.15, 0.2) is 5.13 Å². The third-order valence-electron chi connectivity index (χ3n) is 1.94. The molecule has 0 fully saturated rings. The molecule has 0 unspecified atom stereocenters. The van der Waals surface area contributed by atoms with E-state index in [2.05, 4.69) is 10.3 Å². The van der Waals surface area contributed by atoms with Crippen LogP contribution in [-0.4, -0.2) is 10.9 Å². The van der Waals surface area contributed by atoms with E-state index in [1.807, 2.05) is 6.07 Å². The number of nitrogens with zero attached hydrogens (tertiary/aromatic N) is 2. The summed E-state index contributed by atoms with van der Waals surface area (Å²) in [7, 11) is 0. The largest absolute Gasteiger partial charge is 0.298 e. The van der Waals surface area contributed by atoms with Crippen LogP contribution in [0.4, 0.5) is 5.13 Å². The highest BCUT2D eigenvalue weighted by Gasteiger charge is 2.08. The van der Waals surface area contributed by atoms with Gasteiger partial charge in [0.05, 0.1) is 6.20 Å². The van der Waals surface area contributed by atoms with Gasteiger partial charge in [0, 0.05) is 10.6 Å². The van der Waals surface area contributed by atoms with Crippen LogP contribution >= 0.6 is 22.9 Å². The normalized spacial score (nSPS) is 9.65. The molecule has 1 N–H and O–H groups in total. The molecule has 0 spiro atoms. The molecule has 0 saturated carbocycles. The summed E-state index contributed by atoms with van der Waals surface area (Å²) in [6, 6.07) is 8.47. The molecule has 4 nitrogen and oxygen atoms in total. The molecule has 1 amide bonds. The number of carbonyl (C=O) groups is 1. The zero-order valence-corrected chi connectivity index (χ0v) is 10.0. The Morgan fingerprint density at radius 3 is 2.71 bits per heavy atom. The number of aromatic nitrogens is 1. The fourth-order valence-corrected chi connectivity index (χ4v) is 1.89. The summed E-state index contributed by atoms with van der Waals surface area (Å²) in [6.07, 6.45) is 1.42. The molecular formula is C11H6ClN3OS. The van der Waals surface area contributed by atoms with Gasteiger partial charge in [0.25, 0.3) is 5.91 Å². The van der Waals surface area contributed by atoms with Crippen molar-refractivity contribution in [1.82, 2.24) is 4.98 Å². The number of rotatable bonds is 2. The number of anilines is 1. The van der Waals surface area contributed by atoms with Gasteiger partial charge in [-0.25, -0.2) is 4.98 Å². The van der Waals surface area contributed by atoms with E-state index in [0.29, 0.717) is 20.6 Å². The SMILES string of the molecule is N#Cc1cnc(NC(=O)c2ccc(Cl)cc2)s1. The third-order valence-corrected chi connectivity index (χ3v) is 3.01. The summed E-state index contributed by atoms with van der Waals surface area (Å²) in [5, 5.41) is 12.2. The molecule has 6 heteroatoms. The van der Waals surface area contributed by atoms with Crippen molar-refractivity contribution in [2.45, 2.75) is 0 Å². The van der Waals surface area contributed by atoms with Crippen LogP contribution in [0.25, 0.3) is 0 Å². The summed E-state index contributed by atoms with van der Waals surface area (Å²) in [5.41, 5.74) is 0.489. The third kappa shape index (κ3) is 2.81. The average molecular weight is 264 g/mol. The van der Waals surface area contributed by atoms with Gasteiger partial charge in [-0.3, -0.25) is 10.1 Å². The highest BCUT2D eigenvalue weighted by molar-refractivity contribution is 7.16. The molecule has 2 rings (SSSR count). The Morgan fingerprint density at radius 2 is 2.12 bits per heavy atom. The van der Waals surface area contributed by atoms with Crippen molar-refractivity contribution < 1.29 is 4.79 Å². The number of nitrogens with one attached hydrogen (secondary N) is 1. The first-order chi connectivity index (χ1) is 8.19. The minimum absolute atomic E-state index is 0.277. The van der Waals surface area contributed by atoms with E-state index in [0.717, 1.165) is 11.3 Å². The number of carbonyl (C=O) groups excluding carboxylic acids is 1. The van der Waals surface area contributed by atoms with Crippen LogP contribution in [0.2, 0.25) is 5.02 Å². The lowest BCUT2D eigenvalue weighted by Crippen LogP contribution is -2.11. The monoisotopic (exact) mass is 263 g/mol. The van der Waals surface area contributed by atoms with Gasteiger partial charge in [0.1, 0.15) is 10.9 Å². The summed E-state index contributed by atoms with van der Waals surface area (Å²) >= 11 is 6.85. The van der Waals surface area contributed by atoms with E-state index in [1.165, 1.54) is 6.20 Å². The van der Waals surface area contributed by atoms with E-state index >= 15 is 0 Å². The summed E-state index contributed by atoms with van der Waals surface area (Å²) in [5.74, 6) is -0.277. The molecule has 0 aliphatic carbocycles. The summed E-state index contributed by atoms with van der Waals surface area (Å²) in [4.78, 5) is 16.1. The molecule has 0 aliphatic heterocycles. The predicted octanol–water partition coefficient (Wildman–Crippen LogP) is 2.92. The van der Waals surface area contributed by atoms with Gasteiger partial charge >= 0.3 is 0 Å². The molecule has 0 aliphatic rings. The topological polar surface area (TPSA) is 65.8 Å². The molecular weight excluding hydrogens is 258 g/mol. The Labute approximate surface area is 106 Å². The maximum atomic E-state index is 11.8. The molecule has 2 aromatic rings. The maximum Gasteiger partial charge on any atom is 0.257 e. The maximum absolute atomic E-state index is 11.8. The zero-order valence-electron chi connectivity index (χ0n) is 8.48. The second kappa shape index (κ2) is 4.95. The Hall–Kier alpha value is -1.90. The van der Waals surface area contributed by atoms with Crippen LogP contribution in [0, 0.1) is 11.3 Å². The molecule has 1 aromatic heterocycles. The Balaban J connectivity index is 2.11. The molecule has 0 saturated heterocycles. The minimum atomic E-state index is -0.277. The van der Waals surface area contributed by atoms with Gasteiger partial charge in [-0.05, 0) is 24.3 Å². The number of hydrogen-bond acceptors (Lipinski definition) is 4. The van der Waals surface area contributed by atoms with Crippen LogP contribution in [-0.2, 0) is 0 Å². The van der Waals surface area contributed by atoms with Crippen molar-refractivity contribution in [2.75, 3.05) is 5.32 Å². The van der Waals surface area contributed by atoms with Gasteiger partial charge in [-0.1, -0.05) is 22.9 Å². The van der Waals surface area contributed by atoms with Crippen LogP contribution in [0.5, 0.6) is 0 Å². The molecule has 0 bridgehead atoms. The Morgan fingerprint density at radius 1 is 1.41 bits per heavy atom. The van der Waals surface area contributed by atoms with E-state index < -0.39 is 0 Å².